The van der Waals surface area contributed by atoms with Crippen molar-refractivity contribution >= 4 is 33.6 Å². The van der Waals surface area contributed by atoms with Gasteiger partial charge in [0.2, 0.25) is 0 Å². The third kappa shape index (κ3) is 6.59. The maximum absolute atomic E-state index is 11.7. The molecule has 0 spiro atoms. The highest BCUT2D eigenvalue weighted by molar-refractivity contribution is 7.90. The molecule has 1 rings (SSSR count). The van der Waals surface area contributed by atoms with E-state index in [-0.39, 0.29) is 23.3 Å². The molecule has 0 unspecified atom stereocenters. The average Bonchev–Trinajstić information content (AvgIpc) is 2.35. The second-order valence-electron chi connectivity index (χ2n) is 5.75. The minimum absolute atomic E-state index is 0.0355. The Balaban J connectivity index is 2.72. The van der Waals surface area contributed by atoms with Crippen LogP contribution in [0.3, 0.4) is 0 Å². The maximum atomic E-state index is 11.7. The number of aromatic nitrogens is 1. The Kier molecular flexibility index (Phi) is 6.20. The van der Waals surface area contributed by atoms with Gasteiger partial charge in [0.1, 0.15) is 11.4 Å². The highest BCUT2D eigenvalue weighted by atomic mass is 35.5. The third-order valence-corrected chi connectivity index (χ3v) is 3.99. The van der Waals surface area contributed by atoms with Gasteiger partial charge in [0, 0.05) is 14.1 Å². The van der Waals surface area contributed by atoms with Crippen LogP contribution in [-0.4, -0.2) is 50.0 Å². The van der Waals surface area contributed by atoms with Gasteiger partial charge in [-0.05, 0) is 32.9 Å². The van der Waals surface area contributed by atoms with Crippen LogP contribution in [0.2, 0.25) is 5.15 Å². The van der Waals surface area contributed by atoms with E-state index in [9.17, 15) is 13.2 Å². The summed E-state index contributed by atoms with van der Waals surface area (Å²) >= 11 is 5.92. The SMILES string of the molecule is CN(C)S(=O)(=O)Nc1ccc(OCC(=O)OC(C)(C)C)c(Cl)n1. The molecule has 0 amide bonds. The molecule has 0 bridgehead atoms. The molecule has 0 aliphatic carbocycles. The van der Waals surface area contributed by atoms with Crippen molar-refractivity contribution in [3.63, 3.8) is 0 Å². The number of carbonyl (C=O) groups is 1. The summed E-state index contributed by atoms with van der Waals surface area (Å²) in [4.78, 5) is 15.4. The summed E-state index contributed by atoms with van der Waals surface area (Å²) in [5.74, 6) is -0.371. The first kappa shape index (κ1) is 19.5. The molecule has 23 heavy (non-hydrogen) atoms. The first-order valence-corrected chi connectivity index (χ1v) is 8.44. The van der Waals surface area contributed by atoms with Crippen molar-refractivity contribution in [2.45, 2.75) is 26.4 Å². The normalized spacial score (nSPS) is 12.1. The monoisotopic (exact) mass is 365 g/mol. The van der Waals surface area contributed by atoms with Crippen molar-refractivity contribution in [1.29, 1.82) is 0 Å². The van der Waals surface area contributed by atoms with Crippen LogP contribution in [0.5, 0.6) is 5.75 Å². The molecule has 1 heterocycles. The van der Waals surface area contributed by atoms with Crippen LogP contribution in [0, 0.1) is 0 Å². The summed E-state index contributed by atoms with van der Waals surface area (Å²) in [5.41, 5.74) is -0.614. The fraction of sp³-hybridized carbons (Fsp3) is 0.538. The lowest BCUT2D eigenvalue weighted by atomic mass is 10.2. The Morgan fingerprint density at radius 1 is 1.35 bits per heavy atom. The molecule has 0 fully saturated rings. The van der Waals surface area contributed by atoms with Crippen LogP contribution < -0.4 is 9.46 Å². The molecule has 130 valence electrons. The number of rotatable bonds is 6. The van der Waals surface area contributed by atoms with E-state index in [2.05, 4.69) is 9.71 Å². The smallest absolute Gasteiger partial charge is 0.344 e. The molecular weight excluding hydrogens is 346 g/mol. The molecule has 0 aliphatic heterocycles. The van der Waals surface area contributed by atoms with Crippen molar-refractivity contribution in [2.24, 2.45) is 0 Å². The van der Waals surface area contributed by atoms with Gasteiger partial charge in [-0.25, -0.2) is 9.78 Å². The first-order chi connectivity index (χ1) is 10.4. The van der Waals surface area contributed by atoms with E-state index >= 15 is 0 Å². The quantitative estimate of drug-likeness (QED) is 0.608. The number of nitrogens with one attached hydrogen (secondary N) is 1. The van der Waals surface area contributed by atoms with Crippen molar-refractivity contribution in [3.8, 4) is 5.75 Å². The predicted octanol–water partition coefficient (Wildman–Crippen LogP) is 1.67. The minimum atomic E-state index is -3.68. The molecule has 0 atom stereocenters. The van der Waals surface area contributed by atoms with Crippen molar-refractivity contribution in [1.82, 2.24) is 9.29 Å². The Morgan fingerprint density at radius 2 is 1.96 bits per heavy atom. The lowest BCUT2D eigenvalue weighted by Gasteiger charge is -2.19. The Morgan fingerprint density at radius 3 is 2.43 bits per heavy atom. The standard InChI is InChI=1S/C13H20ClN3O5S/c1-13(2,3)22-11(18)8-21-9-6-7-10(15-12(9)14)16-23(19,20)17(4)5/h6-7H,8H2,1-5H3,(H,15,16). The second-order valence-corrected chi connectivity index (χ2v) is 7.99. The molecule has 0 aliphatic rings. The number of nitrogens with zero attached hydrogens (tertiary/aromatic N) is 2. The predicted molar refractivity (Wildman–Crippen MR) is 86.8 cm³/mol. The van der Waals surface area contributed by atoms with E-state index in [1.807, 2.05) is 0 Å². The Hall–Kier alpha value is -1.58. The van der Waals surface area contributed by atoms with Gasteiger partial charge in [-0.1, -0.05) is 11.6 Å². The van der Waals surface area contributed by atoms with Crippen LogP contribution in [0.4, 0.5) is 5.82 Å². The summed E-state index contributed by atoms with van der Waals surface area (Å²) in [5, 5.41) is -0.0764. The number of carbonyl (C=O) groups excluding carboxylic acids is 1. The number of pyridine rings is 1. The summed E-state index contributed by atoms with van der Waals surface area (Å²) in [6, 6.07) is 2.78. The number of hydrogen-bond donors (Lipinski definition) is 1. The number of hydrogen-bond acceptors (Lipinski definition) is 6. The van der Waals surface area contributed by atoms with Crippen LogP contribution >= 0.6 is 11.6 Å². The van der Waals surface area contributed by atoms with Crippen LogP contribution in [-0.2, 0) is 19.7 Å². The molecule has 0 radical (unpaired) electrons. The number of anilines is 1. The molecule has 0 saturated heterocycles. The van der Waals surface area contributed by atoms with E-state index < -0.39 is 21.8 Å². The van der Waals surface area contributed by atoms with E-state index in [0.29, 0.717) is 0 Å². The highest BCUT2D eigenvalue weighted by Crippen LogP contribution is 2.24. The topological polar surface area (TPSA) is 97.8 Å². The molecule has 10 heteroatoms. The van der Waals surface area contributed by atoms with Gasteiger partial charge in [0.15, 0.2) is 17.5 Å². The molecule has 1 aromatic rings. The van der Waals surface area contributed by atoms with E-state index in [0.717, 1.165) is 4.31 Å². The van der Waals surface area contributed by atoms with Crippen molar-refractivity contribution in [3.05, 3.63) is 17.3 Å². The van der Waals surface area contributed by atoms with Crippen LogP contribution in [0.25, 0.3) is 0 Å². The zero-order valence-electron chi connectivity index (χ0n) is 13.6. The third-order valence-electron chi connectivity index (χ3n) is 2.29. The van der Waals surface area contributed by atoms with E-state index in [1.165, 1.54) is 26.2 Å². The summed E-state index contributed by atoms with van der Waals surface area (Å²) in [6.07, 6.45) is 0. The summed E-state index contributed by atoms with van der Waals surface area (Å²) in [6.45, 7) is 4.89. The van der Waals surface area contributed by atoms with Gasteiger partial charge in [-0.2, -0.15) is 12.7 Å². The maximum Gasteiger partial charge on any atom is 0.344 e. The first-order valence-electron chi connectivity index (χ1n) is 6.62. The van der Waals surface area contributed by atoms with Gasteiger partial charge >= 0.3 is 16.2 Å². The van der Waals surface area contributed by atoms with Crippen molar-refractivity contribution < 1.29 is 22.7 Å². The van der Waals surface area contributed by atoms with Crippen LogP contribution in [0.15, 0.2) is 12.1 Å². The molecule has 1 aromatic heterocycles. The van der Waals surface area contributed by atoms with E-state index in [4.69, 9.17) is 21.1 Å². The highest BCUT2D eigenvalue weighted by Gasteiger charge is 2.18. The van der Waals surface area contributed by atoms with Gasteiger partial charge in [-0.15, -0.1) is 0 Å². The Labute approximate surface area is 140 Å². The second kappa shape index (κ2) is 7.33. The zero-order valence-corrected chi connectivity index (χ0v) is 15.2. The largest absolute Gasteiger partial charge is 0.479 e. The fourth-order valence-corrected chi connectivity index (χ4v) is 2.09. The fourth-order valence-electron chi connectivity index (χ4n) is 1.32. The van der Waals surface area contributed by atoms with E-state index in [1.54, 1.807) is 20.8 Å². The number of halogens is 1. The lowest BCUT2D eigenvalue weighted by molar-refractivity contribution is -0.157. The number of esters is 1. The average molecular weight is 366 g/mol. The number of ether oxygens (including phenoxy) is 2. The zero-order chi connectivity index (χ0) is 17.8. The van der Waals surface area contributed by atoms with Crippen LogP contribution in [0.1, 0.15) is 20.8 Å². The molecule has 0 saturated carbocycles. The minimum Gasteiger partial charge on any atom is -0.479 e. The van der Waals surface area contributed by atoms with Crippen molar-refractivity contribution in [2.75, 3.05) is 25.4 Å². The van der Waals surface area contributed by atoms with Gasteiger partial charge in [0.05, 0.1) is 0 Å². The Bertz CT molecular complexity index is 671. The van der Waals surface area contributed by atoms with Gasteiger partial charge < -0.3 is 9.47 Å². The lowest BCUT2D eigenvalue weighted by Crippen LogP contribution is -2.29. The summed E-state index contributed by atoms with van der Waals surface area (Å²) < 4.78 is 36.9. The molecule has 8 nitrogen and oxygen atoms in total. The van der Waals surface area contributed by atoms with Gasteiger partial charge in [-0.3, -0.25) is 4.72 Å². The summed E-state index contributed by atoms with van der Waals surface area (Å²) in [7, 11) is -0.925. The molecule has 1 N–H and O–H groups in total. The van der Waals surface area contributed by atoms with Gasteiger partial charge in [0.25, 0.3) is 0 Å². The molecule has 0 aromatic carbocycles. The molecular formula is C13H20ClN3O5S.